The molecule has 0 saturated heterocycles. The first kappa shape index (κ1) is 87.9. The van der Waals surface area contributed by atoms with Gasteiger partial charge in [0.2, 0.25) is 5.91 Å². The van der Waals surface area contributed by atoms with Crippen molar-refractivity contribution in [3.63, 3.8) is 0 Å². The third kappa shape index (κ3) is 75.8. The van der Waals surface area contributed by atoms with Crippen LogP contribution in [-0.4, -0.2) is 47.4 Å². The highest BCUT2D eigenvalue weighted by molar-refractivity contribution is 5.76. The fraction of sp³-hybridized carbons (Fsp3) is 0.976. The molecule has 0 aromatic rings. The van der Waals surface area contributed by atoms with Crippen LogP contribution in [0.3, 0.4) is 0 Å². The lowest BCUT2D eigenvalue weighted by atomic mass is 10.0. The molecule has 3 N–H and O–H groups in total. The van der Waals surface area contributed by atoms with E-state index in [1.165, 1.54) is 424 Å². The molecule has 1 amide bonds. The number of aliphatic hydroxyl groups excluding tert-OH is 2. The third-order valence-electron chi connectivity index (χ3n) is 20.2. The number of rotatable bonds is 80. The van der Waals surface area contributed by atoms with Crippen molar-refractivity contribution < 1.29 is 24.5 Å². The topological polar surface area (TPSA) is 95.9 Å². The first-order valence-corrected chi connectivity index (χ1v) is 41.8. The van der Waals surface area contributed by atoms with Gasteiger partial charge in [-0.1, -0.05) is 457 Å². The molecule has 532 valence electrons. The molecule has 0 heterocycles. The summed E-state index contributed by atoms with van der Waals surface area (Å²) in [5, 5.41) is 23.5. The summed E-state index contributed by atoms with van der Waals surface area (Å²) in [4.78, 5) is 24.7. The molecule has 2 atom stereocenters. The lowest BCUT2D eigenvalue weighted by Crippen LogP contribution is -2.45. The average molecular weight is 1260 g/mol. The van der Waals surface area contributed by atoms with Crippen LogP contribution < -0.4 is 5.32 Å². The normalized spacial score (nSPS) is 12.4. The molecule has 0 aliphatic rings. The van der Waals surface area contributed by atoms with Crippen LogP contribution in [0.1, 0.15) is 495 Å². The van der Waals surface area contributed by atoms with Gasteiger partial charge in [0.15, 0.2) is 0 Å². The Morgan fingerprint density at radius 3 is 0.685 bits per heavy atom. The van der Waals surface area contributed by atoms with Gasteiger partial charge in [-0.3, -0.25) is 9.59 Å². The monoisotopic (exact) mass is 1260 g/mol. The lowest BCUT2D eigenvalue weighted by molar-refractivity contribution is -0.143. The van der Waals surface area contributed by atoms with E-state index in [0.717, 1.165) is 38.5 Å². The zero-order valence-electron chi connectivity index (χ0n) is 61.2. The highest BCUT2D eigenvalue weighted by Gasteiger charge is 2.20. The summed E-state index contributed by atoms with van der Waals surface area (Å²) < 4.78 is 5.53. The largest absolute Gasteiger partial charge is 0.466 e. The van der Waals surface area contributed by atoms with E-state index in [1.807, 2.05) is 0 Å². The number of amides is 1. The number of ether oxygens (including phenoxy) is 1. The summed E-state index contributed by atoms with van der Waals surface area (Å²) in [7, 11) is 0. The van der Waals surface area contributed by atoms with E-state index in [-0.39, 0.29) is 18.5 Å². The van der Waals surface area contributed by atoms with Gasteiger partial charge in [0, 0.05) is 12.8 Å². The van der Waals surface area contributed by atoms with Crippen molar-refractivity contribution in [2.24, 2.45) is 0 Å². The Kier molecular flexibility index (Phi) is 78.3. The fourth-order valence-corrected chi connectivity index (χ4v) is 13.8. The van der Waals surface area contributed by atoms with Gasteiger partial charge in [0.1, 0.15) is 0 Å². The second kappa shape index (κ2) is 79.3. The van der Waals surface area contributed by atoms with Gasteiger partial charge in [-0.05, 0) is 25.7 Å². The molecule has 0 aliphatic carbocycles. The quantitative estimate of drug-likeness (QED) is 0.0417. The number of esters is 1. The Hall–Kier alpha value is -1.14. The van der Waals surface area contributed by atoms with E-state index < -0.39 is 12.1 Å². The maximum absolute atomic E-state index is 12.6. The zero-order chi connectivity index (χ0) is 64.2. The second-order valence-electron chi connectivity index (χ2n) is 29.2. The van der Waals surface area contributed by atoms with Crippen LogP contribution in [0.2, 0.25) is 0 Å². The summed E-state index contributed by atoms with van der Waals surface area (Å²) in [5.74, 6) is 0.00417. The number of hydrogen-bond acceptors (Lipinski definition) is 5. The van der Waals surface area contributed by atoms with Crippen LogP contribution in [-0.2, 0) is 14.3 Å². The van der Waals surface area contributed by atoms with Gasteiger partial charge >= 0.3 is 5.97 Å². The molecular formula is C83H165NO5. The van der Waals surface area contributed by atoms with E-state index in [0.29, 0.717) is 25.9 Å². The Morgan fingerprint density at radius 2 is 0.461 bits per heavy atom. The number of aliphatic hydroxyl groups is 2. The Morgan fingerprint density at radius 1 is 0.270 bits per heavy atom. The summed E-state index contributed by atoms with van der Waals surface area (Å²) in [6.45, 7) is 5.03. The van der Waals surface area contributed by atoms with Crippen LogP contribution in [0.15, 0.2) is 0 Å². The standard InChI is InChI=1S/C83H165NO5/c1-3-5-7-9-11-13-15-17-19-21-23-40-43-47-51-55-59-63-67-71-75-81(86)80(79-85)84-82(87)76-72-68-64-60-56-52-48-44-41-37-35-33-31-29-27-25-24-26-28-30-32-34-36-38-42-46-50-54-58-62-66-70-74-78-89-83(88)77-73-69-65-61-57-53-49-45-39-22-20-18-16-14-12-10-8-6-4-2/h80-81,85-86H,3-79H2,1-2H3,(H,84,87). The zero-order valence-corrected chi connectivity index (χ0v) is 61.2. The molecule has 0 spiro atoms. The lowest BCUT2D eigenvalue weighted by Gasteiger charge is -2.22. The molecule has 0 saturated carbocycles. The number of unbranched alkanes of at least 4 members (excludes halogenated alkanes) is 69. The predicted molar refractivity (Wildman–Crippen MR) is 394 cm³/mol. The van der Waals surface area contributed by atoms with Crippen LogP contribution in [0.5, 0.6) is 0 Å². The summed E-state index contributed by atoms with van der Waals surface area (Å²) in [6.07, 6.45) is 99.3. The van der Waals surface area contributed by atoms with Gasteiger partial charge in [0.25, 0.3) is 0 Å². The molecule has 89 heavy (non-hydrogen) atoms. The smallest absolute Gasteiger partial charge is 0.305 e. The van der Waals surface area contributed by atoms with Gasteiger partial charge in [-0.15, -0.1) is 0 Å². The van der Waals surface area contributed by atoms with Crippen molar-refractivity contribution in [3.8, 4) is 0 Å². The Balaban J connectivity index is 3.30. The predicted octanol–water partition coefficient (Wildman–Crippen LogP) is 27.7. The molecular weight excluding hydrogens is 1090 g/mol. The highest BCUT2D eigenvalue weighted by atomic mass is 16.5. The molecule has 0 aliphatic heterocycles. The minimum Gasteiger partial charge on any atom is -0.466 e. The second-order valence-corrected chi connectivity index (χ2v) is 29.2. The van der Waals surface area contributed by atoms with Crippen molar-refractivity contribution in [2.75, 3.05) is 13.2 Å². The minimum atomic E-state index is -0.661. The highest BCUT2D eigenvalue weighted by Crippen LogP contribution is 2.21. The maximum atomic E-state index is 12.6. The van der Waals surface area contributed by atoms with Crippen LogP contribution in [0.25, 0.3) is 0 Å². The molecule has 0 fully saturated rings. The van der Waals surface area contributed by atoms with Gasteiger partial charge in [-0.25, -0.2) is 0 Å². The van der Waals surface area contributed by atoms with Crippen LogP contribution in [0.4, 0.5) is 0 Å². The first-order chi connectivity index (χ1) is 44.0. The van der Waals surface area contributed by atoms with Crippen molar-refractivity contribution in [2.45, 2.75) is 508 Å². The number of carbonyl (C=O) groups excluding carboxylic acids is 2. The molecule has 0 aromatic heterocycles. The maximum Gasteiger partial charge on any atom is 0.305 e. The Bertz CT molecular complexity index is 1310. The molecule has 0 aromatic carbocycles. The number of carbonyl (C=O) groups is 2. The SMILES string of the molecule is CCCCCCCCCCCCCCCCCCCCCCC(O)C(CO)NC(=O)CCCCCCCCCCCCCCCCCCCCCCCCCCCCCCCCCCCOC(=O)CCCCCCCCCCCCCCCCCCCCC. The number of hydrogen-bond donors (Lipinski definition) is 3. The van der Waals surface area contributed by atoms with Crippen LogP contribution in [0, 0.1) is 0 Å². The fourth-order valence-electron chi connectivity index (χ4n) is 13.8. The Labute approximate surface area is 559 Å². The molecule has 6 heteroatoms. The van der Waals surface area contributed by atoms with E-state index in [2.05, 4.69) is 19.2 Å². The van der Waals surface area contributed by atoms with Gasteiger partial charge in [0.05, 0.1) is 25.4 Å². The van der Waals surface area contributed by atoms with Gasteiger partial charge < -0.3 is 20.3 Å². The molecule has 0 radical (unpaired) electrons. The molecule has 2 unspecified atom stereocenters. The van der Waals surface area contributed by atoms with Crippen LogP contribution >= 0.6 is 0 Å². The number of nitrogens with one attached hydrogen (secondary N) is 1. The first-order valence-electron chi connectivity index (χ1n) is 41.8. The van der Waals surface area contributed by atoms with E-state index in [9.17, 15) is 19.8 Å². The van der Waals surface area contributed by atoms with E-state index >= 15 is 0 Å². The average Bonchev–Trinajstić information content (AvgIpc) is 3.62. The third-order valence-corrected chi connectivity index (χ3v) is 20.2. The summed E-state index contributed by atoms with van der Waals surface area (Å²) >= 11 is 0. The van der Waals surface area contributed by atoms with Crippen molar-refractivity contribution in [1.29, 1.82) is 0 Å². The van der Waals surface area contributed by atoms with E-state index in [1.54, 1.807) is 0 Å². The summed E-state index contributed by atoms with van der Waals surface area (Å²) in [5.41, 5.74) is 0. The van der Waals surface area contributed by atoms with E-state index in [4.69, 9.17) is 4.74 Å². The van der Waals surface area contributed by atoms with Crippen molar-refractivity contribution in [3.05, 3.63) is 0 Å². The van der Waals surface area contributed by atoms with Crippen molar-refractivity contribution >= 4 is 11.9 Å². The minimum absolute atomic E-state index is 0.0241. The molecule has 0 rings (SSSR count). The van der Waals surface area contributed by atoms with Crippen molar-refractivity contribution in [1.82, 2.24) is 5.32 Å². The summed E-state index contributed by atoms with van der Waals surface area (Å²) in [6, 6.07) is -0.538. The molecule has 6 nitrogen and oxygen atoms in total. The van der Waals surface area contributed by atoms with Gasteiger partial charge in [-0.2, -0.15) is 0 Å². The molecule has 0 bridgehead atoms.